The standard InChI is InChI=1S/C10H19N3O4/c1-4-5-11-8(14)6-13(3)10(17)12-7(2)9(15)16/h7H,4-6H2,1-3H3,(H,11,14)(H,12,17)(H,15,16)/t7-/m0/s1. The third-order valence-corrected chi connectivity index (χ3v) is 2.01. The average Bonchev–Trinajstić information content (AvgIpc) is 2.25. The molecule has 0 rings (SSSR count). The van der Waals surface area contributed by atoms with Crippen molar-refractivity contribution in [1.82, 2.24) is 15.5 Å². The SMILES string of the molecule is CCCNC(=O)CN(C)C(=O)N[C@@H](C)C(=O)O. The molecule has 0 aliphatic heterocycles. The van der Waals surface area contributed by atoms with Gasteiger partial charge in [-0.3, -0.25) is 9.59 Å². The van der Waals surface area contributed by atoms with Crippen molar-refractivity contribution in [3.05, 3.63) is 0 Å². The molecule has 0 aliphatic rings. The highest BCUT2D eigenvalue weighted by Crippen LogP contribution is 1.88. The van der Waals surface area contributed by atoms with Crippen molar-refractivity contribution in [2.45, 2.75) is 26.3 Å². The molecule has 0 aromatic carbocycles. The smallest absolute Gasteiger partial charge is 0.325 e. The number of nitrogens with zero attached hydrogens (tertiary/aromatic N) is 1. The van der Waals surface area contributed by atoms with Gasteiger partial charge < -0.3 is 20.6 Å². The summed E-state index contributed by atoms with van der Waals surface area (Å²) in [6.45, 7) is 3.73. The maximum Gasteiger partial charge on any atom is 0.325 e. The molecule has 98 valence electrons. The Balaban J connectivity index is 4.05. The van der Waals surface area contributed by atoms with Crippen molar-refractivity contribution in [2.24, 2.45) is 0 Å². The summed E-state index contributed by atoms with van der Waals surface area (Å²) in [6, 6.07) is -1.57. The minimum Gasteiger partial charge on any atom is -0.480 e. The number of hydrogen-bond acceptors (Lipinski definition) is 3. The van der Waals surface area contributed by atoms with Crippen LogP contribution < -0.4 is 10.6 Å². The predicted molar refractivity (Wildman–Crippen MR) is 61.6 cm³/mol. The Morgan fingerprint density at radius 2 is 1.94 bits per heavy atom. The first-order chi connectivity index (χ1) is 7.88. The number of amides is 3. The number of carbonyl (C=O) groups excluding carboxylic acids is 2. The van der Waals surface area contributed by atoms with Gasteiger partial charge in [-0.05, 0) is 13.3 Å². The van der Waals surface area contributed by atoms with E-state index in [0.29, 0.717) is 6.54 Å². The number of likely N-dealkylation sites (N-methyl/N-ethyl adjacent to an activating group) is 1. The van der Waals surface area contributed by atoms with Gasteiger partial charge in [-0.25, -0.2) is 4.79 Å². The second kappa shape index (κ2) is 7.48. The number of carboxylic acids is 1. The van der Waals surface area contributed by atoms with Crippen LogP contribution >= 0.6 is 0 Å². The number of urea groups is 1. The Hall–Kier alpha value is -1.79. The van der Waals surface area contributed by atoms with Crippen LogP contribution in [0.25, 0.3) is 0 Å². The van der Waals surface area contributed by atoms with Crippen LogP contribution in [0.4, 0.5) is 4.79 Å². The van der Waals surface area contributed by atoms with Crippen LogP contribution in [0.1, 0.15) is 20.3 Å². The molecule has 17 heavy (non-hydrogen) atoms. The molecule has 1 atom stereocenters. The Morgan fingerprint density at radius 3 is 2.41 bits per heavy atom. The molecule has 0 bridgehead atoms. The van der Waals surface area contributed by atoms with Crippen molar-refractivity contribution in [2.75, 3.05) is 20.1 Å². The fraction of sp³-hybridized carbons (Fsp3) is 0.700. The summed E-state index contributed by atoms with van der Waals surface area (Å²) < 4.78 is 0. The maximum atomic E-state index is 11.4. The van der Waals surface area contributed by atoms with Gasteiger partial charge in [0.25, 0.3) is 0 Å². The van der Waals surface area contributed by atoms with E-state index in [1.807, 2.05) is 6.92 Å². The van der Waals surface area contributed by atoms with Gasteiger partial charge in [-0.15, -0.1) is 0 Å². The van der Waals surface area contributed by atoms with E-state index in [1.54, 1.807) is 0 Å². The molecular weight excluding hydrogens is 226 g/mol. The Kier molecular flexibility index (Phi) is 6.69. The van der Waals surface area contributed by atoms with Gasteiger partial charge in [0.1, 0.15) is 12.6 Å². The van der Waals surface area contributed by atoms with Crippen molar-refractivity contribution >= 4 is 17.9 Å². The topological polar surface area (TPSA) is 98.7 Å². The summed E-state index contributed by atoms with van der Waals surface area (Å²) in [5.74, 6) is -1.39. The summed E-state index contributed by atoms with van der Waals surface area (Å²) in [5, 5.41) is 13.5. The molecule has 0 radical (unpaired) electrons. The lowest BCUT2D eigenvalue weighted by atomic mass is 10.3. The minimum atomic E-state index is -1.12. The quantitative estimate of drug-likeness (QED) is 0.594. The number of carboxylic acid groups (broad SMARTS) is 1. The van der Waals surface area contributed by atoms with E-state index in [0.717, 1.165) is 11.3 Å². The van der Waals surface area contributed by atoms with Crippen molar-refractivity contribution in [3.8, 4) is 0 Å². The molecule has 0 aromatic rings. The minimum absolute atomic E-state index is 0.0990. The second-order valence-corrected chi connectivity index (χ2v) is 3.72. The predicted octanol–water partition coefficient (Wildman–Crippen LogP) is -0.373. The van der Waals surface area contributed by atoms with Gasteiger partial charge in [0.15, 0.2) is 0 Å². The van der Waals surface area contributed by atoms with Crippen molar-refractivity contribution < 1.29 is 19.5 Å². The molecule has 0 unspecified atom stereocenters. The fourth-order valence-electron chi connectivity index (χ4n) is 0.965. The van der Waals surface area contributed by atoms with Gasteiger partial charge in [-0.2, -0.15) is 0 Å². The zero-order chi connectivity index (χ0) is 13.4. The third-order valence-electron chi connectivity index (χ3n) is 2.01. The zero-order valence-corrected chi connectivity index (χ0v) is 10.3. The van der Waals surface area contributed by atoms with Crippen LogP contribution in [-0.2, 0) is 9.59 Å². The number of rotatable bonds is 6. The highest BCUT2D eigenvalue weighted by atomic mass is 16.4. The number of carbonyl (C=O) groups is 3. The Morgan fingerprint density at radius 1 is 1.35 bits per heavy atom. The largest absolute Gasteiger partial charge is 0.480 e. The molecular formula is C10H19N3O4. The van der Waals surface area contributed by atoms with Gasteiger partial charge in [0, 0.05) is 13.6 Å². The lowest BCUT2D eigenvalue weighted by Gasteiger charge is -2.19. The lowest BCUT2D eigenvalue weighted by molar-refractivity contribution is -0.138. The first-order valence-corrected chi connectivity index (χ1v) is 5.39. The average molecular weight is 245 g/mol. The van der Waals surface area contributed by atoms with E-state index in [9.17, 15) is 14.4 Å². The molecule has 3 N–H and O–H groups in total. The zero-order valence-electron chi connectivity index (χ0n) is 10.3. The van der Waals surface area contributed by atoms with Crippen LogP contribution in [0.5, 0.6) is 0 Å². The summed E-state index contributed by atoms with van der Waals surface area (Å²) in [6.07, 6.45) is 0.817. The molecule has 0 saturated carbocycles. The van der Waals surface area contributed by atoms with Gasteiger partial charge in [0.05, 0.1) is 0 Å². The lowest BCUT2D eigenvalue weighted by Crippen LogP contribution is -2.48. The van der Waals surface area contributed by atoms with Gasteiger partial charge >= 0.3 is 12.0 Å². The molecule has 0 aromatic heterocycles. The van der Waals surface area contributed by atoms with E-state index >= 15 is 0 Å². The van der Waals surface area contributed by atoms with E-state index in [1.165, 1.54) is 14.0 Å². The van der Waals surface area contributed by atoms with Crippen molar-refractivity contribution in [1.29, 1.82) is 0 Å². The Labute approximate surface area is 100 Å². The molecule has 0 saturated heterocycles. The van der Waals surface area contributed by atoms with Crippen molar-refractivity contribution in [3.63, 3.8) is 0 Å². The van der Waals surface area contributed by atoms with Crippen LogP contribution in [0.2, 0.25) is 0 Å². The van der Waals surface area contributed by atoms with E-state index in [-0.39, 0.29) is 12.5 Å². The van der Waals surface area contributed by atoms with Crippen LogP contribution in [0.3, 0.4) is 0 Å². The van der Waals surface area contributed by atoms with Gasteiger partial charge in [-0.1, -0.05) is 6.92 Å². The highest BCUT2D eigenvalue weighted by Gasteiger charge is 2.18. The van der Waals surface area contributed by atoms with E-state index < -0.39 is 18.0 Å². The first-order valence-electron chi connectivity index (χ1n) is 5.39. The van der Waals surface area contributed by atoms with E-state index in [4.69, 9.17) is 5.11 Å². The normalized spacial score (nSPS) is 11.5. The number of hydrogen-bond donors (Lipinski definition) is 3. The maximum absolute atomic E-state index is 11.4. The number of nitrogens with one attached hydrogen (secondary N) is 2. The van der Waals surface area contributed by atoms with Crippen LogP contribution in [0.15, 0.2) is 0 Å². The third kappa shape index (κ3) is 6.39. The monoisotopic (exact) mass is 245 g/mol. The molecule has 0 fully saturated rings. The molecule has 3 amide bonds. The van der Waals surface area contributed by atoms with Gasteiger partial charge in [0.2, 0.25) is 5.91 Å². The summed E-state index contributed by atoms with van der Waals surface area (Å²) >= 11 is 0. The Bertz CT molecular complexity index is 293. The highest BCUT2D eigenvalue weighted by molar-refractivity contribution is 5.86. The summed E-state index contributed by atoms with van der Waals surface area (Å²) in [7, 11) is 1.43. The summed E-state index contributed by atoms with van der Waals surface area (Å²) in [4.78, 5) is 34.4. The van der Waals surface area contributed by atoms with Crippen LogP contribution in [-0.4, -0.2) is 54.1 Å². The molecule has 0 aliphatic carbocycles. The molecule has 7 heteroatoms. The molecule has 0 spiro atoms. The fourth-order valence-corrected chi connectivity index (χ4v) is 0.965. The molecule has 0 heterocycles. The second-order valence-electron chi connectivity index (χ2n) is 3.72. The summed E-state index contributed by atoms with van der Waals surface area (Å²) in [5.41, 5.74) is 0. The van der Waals surface area contributed by atoms with E-state index in [2.05, 4.69) is 10.6 Å². The number of aliphatic carboxylic acids is 1. The first kappa shape index (κ1) is 15.2. The van der Waals surface area contributed by atoms with Crippen LogP contribution in [0, 0.1) is 0 Å². The molecule has 7 nitrogen and oxygen atoms in total.